The Morgan fingerprint density at radius 2 is 1.73 bits per heavy atom. The molecule has 4 rings (SSSR count). The fourth-order valence-corrected chi connectivity index (χ4v) is 4.22. The number of benzene rings is 2. The van der Waals surface area contributed by atoms with E-state index in [-0.39, 0.29) is 0 Å². The zero-order chi connectivity index (χ0) is 20.9. The summed E-state index contributed by atoms with van der Waals surface area (Å²) in [6, 6.07) is 24.2. The van der Waals surface area contributed by atoms with Crippen molar-refractivity contribution >= 4 is 17.1 Å². The Bertz CT molecular complexity index is 1060. The Balaban J connectivity index is 1.88. The van der Waals surface area contributed by atoms with Crippen LogP contribution >= 0.6 is 0 Å². The quantitative estimate of drug-likeness (QED) is 0.400. The van der Waals surface area contributed by atoms with Gasteiger partial charge in [-0.2, -0.15) is 0 Å². The van der Waals surface area contributed by atoms with Gasteiger partial charge >= 0.3 is 0 Å². The molecule has 2 heterocycles. The molecule has 0 bridgehead atoms. The van der Waals surface area contributed by atoms with Crippen molar-refractivity contribution < 1.29 is 0 Å². The van der Waals surface area contributed by atoms with Crippen LogP contribution in [0.25, 0.3) is 16.7 Å². The average molecular weight is 395 g/mol. The molecule has 3 aromatic rings. The lowest BCUT2D eigenvalue weighted by Crippen LogP contribution is -2.25. The molecule has 152 valence electrons. The van der Waals surface area contributed by atoms with Gasteiger partial charge in [-0.1, -0.05) is 80.6 Å². The number of hydrogen-bond acceptors (Lipinski definition) is 2. The van der Waals surface area contributed by atoms with E-state index in [0.717, 1.165) is 30.8 Å². The number of hydrogen-bond donors (Lipinski definition) is 0. The second kappa shape index (κ2) is 9.13. The van der Waals surface area contributed by atoms with Crippen LogP contribution in [-0.4, -0.2) is 11.0 Å². The Morgan fingerprint density at radius 1 is 0.967 bits per heavy atom. The van der Waals surface area contributed by atoms with Crippen LogP contribution in [0.4, 0.5) is 11.5 Å². The highest BCUT2D eigenvalue weighted by molar-refractivity contribution is 5.80. The van der Waals surface area contributed by atoms with Crippen molar-refractivity contribution in [1.29, 1.82) is 0 Å². The fraction of sp³-hybridized carbons (Fsp3) is 0.250. The van der Waals surface area contributed by atoms with E-state index >= 15 is 0 Å². The normalized spacial score (nSPS) is 16.3. The first kappa shape index (κ1) is 20.2. The van der Waals surface area contributed by atoms with Crippen molar-refractivity contribution in [1.82, 2.24) is 4.98 Å². The summed E-state index contributed by atoms with van der Waals surface area (Å²) >= 11 is 0. The molecule has 1 aliphatic heterocycles. The van der Waals surface area contributed by atoms with Crippen LogP contribution in [0, 0.1) is 0 Å². The smallest absolute Gasteiger partial charge is 0.134 e. The van der Waals surface area contributed by atoms with Crippen LogP contribution in [0.5, 0.6) is 0 Å². The SMILES string of the molecule is CC/C=C\C(=C/CC)c1cc(-c2ccccc2)cc(N2c3ccccc3CC2C)n1. The Kier molecular flexibility index (Phi) is 6.13. The van der Waals surface area contributed by atoms with Crippen molar-refractivity contribution in [2.24, 2.45) is 0 Å². The maximum Gasteiger partial charge on any atom is 0.134 e. The molecular formula is C28H30N2. The van der Waals surface area contributed by atoms with Crippen LogP contribution in [0.15, 0.2) is 85.0 Å². The minimum atomic E-state index is 0.388. The zero-order valence-electron chi connectivity index (χ0n) is 18.2. The van der Waals surface area contributed by atoms with Gasteiger partial charge in [0.1, 0.15) is 5.82 Å². The summed E-state index contributed by atoms with van der Waals surface area (Å²) in [6.45, 7) is 6.64. The summed E-state index contributed by atoms with van der Waals surface area (Å²) in [5.41, 5.74) is 7.33. The van der Waals surface area contributed by atoms with Crippen LogP contribution in [0.1, 0.15) is 44.9 Å². The Labute approximate surface area is 180 Å². The van der Waals surface area contributed by atoms with Crippen LogP contribution in [0.3, 0.4) is 0 Å². The average Bonchev–Trinajstić information content (AvgIpc) is 3.12. The third-order valence-electron chi connectivity index (χ3n) is 5.63. The molecule has 2 aromatic carbocycles. The van der Waals surface area contributed by atoms with Crippen molar-refractivity contribution in [2.45, 2.75) is 46.1 Å². The molecule has 0 aliphatic carbocycles. The van der Waals surface area contributed by atoms with E-state index in [1.807, 2.05) is 0 Å². The van der Waals surface area contributed by atoms with Crippen molar-refractivity contribution in [3.8, 4) is 11.1 Å². The van der Waals surface area contributed by atoms with E-state index in [0.29, 0.717) is 6.04 Å². The number of nitrogens with zero attached hydrogens (tertiary/aromatic N) is 2. The van der Waals surface area contributed by atoms with Gasteiger partial charge in [0.2, 0.25) is 0 Å². The molecule has 0 saturated carbocycles. The summed E-state index contributed by atoms with van der Waals surface area (Å²) in [6.07, 6.45) is 9.75. The van der Waals surface area contributed by atoms with Crippen molar-refractivity contribution in [2.75, 3.05) is 4.90 Å². The molecule has 2 nitrogen and oxygen atoms in total. The zero-order valence-corrected chi connectivity index (χ0v) is 18.2. The first-order valence-electron chi connectivity index (χ1n) is 11.0. The van der Waals surface area contributed by atoms with Gasteiger partial charge in [0.05, 0.1) is 5.69 Å². The van der Waals surface area contributed by atoms with E-state index in [1.54, 1.807) is 0 Å². The molecular weight excluding hydrogens is 364 g/mol. The highest BCUT2D eigenvalue weighted by Crippen LogP contribution is 2.39. The second-order valence-electron chi connectivity index (χ2n) is 7.90. The molecule has 0 N–H and O–H groups in total. The molecule has 30 heavy (non-hydrogen) atoms. The summed E-state index contributed by atoms with van der Waals surface area (Å²) in [7, 11) is 0. The molecule has 1 aromatic heterocycles. The Hall–Kier alpha value is -3.13. The van der Waals surface area contributed by atoms with Gasteiger partial charge in [-0.15, -0.1) is 0 Å². The number of para-hydroxylation sites is 1. The van der Waals surface area contributed by atoms with Gasteiger partial charge in [-0.25, -0.2) is 4.98 Å². The lowest BCUT2D eigenvalue weighted by molar-refractivity contribution is 0.750. The predicted molar refractivity (Wildman–Crippen MR) is 129 cm³/mol. The van der Waals surface area contributed by atoms with E-state index in [9.17, 15) is 0 Å². The number of anilines is 2. The third-order valence-corrected chi connectivity index (χ3v) is 5.63. The summed E-state index contributed by atoms with van der Waals surface area (Å²) in [4.78, 5) is 7.57. The molecule has 0 spiro atoms. The first-order valence-corrected chi connectivity index (χ1v) is 11.0. The van der Waals surface area contributed by atoms with E-state index < -0.39 is 0 Å². The lowest BCUT2D eigenvalue weighted by atomic mass is 10.0. The highest BCUT2D eigenvalue weighted by atomic mass is 15.2. The van der Waals surface area contributed by atoms with Gasteiger partial charge in [-0.3, -0.25) is 0 Å². The molecule has 2 heteroatoms. The fourth-order valence-electron chi connectivity index (χ4n) is 4.22. The topological polar surface area (TPSA) is 16.1 Å². The minimum Gasteiger partial charge on any atom is -0.323 e. The van der Waals surface area contributed by atoms with Gasteiger partial charge in [0.15, 0.2) is 0 Å². The Morgan fingerprint density at radius 3 is 2.50 bits per heavy atom. The monoisotopic (exact) mass is 394 g/mol. The minimum absolute atomic E-state index is 0.388. The largest absolute Gasteiger partial charge is 0.323 e. The van der Waals surface area contributed by atoms with Crippen molar-refractivity contribution in [3.05, 3.63) is 96.2 Å². The summed E-state index contributed by atoms with van der Waals surface area (Å²) in [5.74, 6) is 1.02. The van der Waals surface area contributed by atoms with Crippen molar-refractivity contribution in [3.63, 3.8) is 0 Å². The number of pyridine rings is 1. The van der Waals surface area contributed by atoms with Crippen LogP contribution in [0.2, 0.25) is 0 Å². The molecule has 0 radical (unpaired) electrons. The second-order valence-corrected chi connectivity index (χ2v) is 7.90. The van der Waals surface area contributed by atoms with E-state index in [2.05, 4.69) is 111 Å². The van der Waals surface area contributed by atoms with E-state index in [4.69, 9.17) is 4.98 Å². The molecule has 1 unspecified atom stereocenters. The maximum absolute atomic E-state index is 5.17. The molecule has 0 amide bonds. The molecule has 1 atom stereocenters. The van der Waals surface area contributed by atoms with Gasteiger partial charge in [0, 0.05) is 11.7 Å². The number of allylic oxidation sites excluding steroid dienone is 4. The van der Waals surface area contributed by atoms with E-state index in [1.165, 1.54) is 28.0 Å². The first-order chi connectivity index (χ1) is 14.7. The molecule has 0 fully saturated rings. The summed E-state index contributed by atoms with van der Waals surface area (Å²) in [5, 5.41) is 0. The van der Waals surface area contributed by atoms with Crippen LogP contribution < -0.4 is 4.90 Å². The molecule has 1 aliphatic rings. The molecule has 0 saturated heterocycles. The number of fused-ring (bicyclic) bond motifs is 1. The van der Waals surface area contributed by atoms with Gasteiger partial charge in [-0.05, 0) is 66.6 Å². The maximum atomic E-state index is 5.17. The highest BCUT2D eigenvalue weighted by Gasteiger charge is 2.28. The number of rotatable bonds is 6. The predicted octanol–water partition coefficient (Wildman–Crippen LogP) is 7.59. The summed E-state index contributed by atoms with van der Waals surface area (Å²) < 4.78 is 0. The van der Waals surface area contributed by atoms with Gasteiger partial charge in [0.25, 0.3) is 0 Å². The van der Waals surface area contributed by atoms with Gasteiger partial charge < -0.3 is 4.90 Å². The lowest BCUT2D eigenvalue weighted by Gasteiger charge is -2.25. The standard InChI is InChI=1S/C28H30N2/c1-4-6-13-23(12-5-2)26-19-25(22-14-8-7-9-15-22)20-28(29-26)30-21(3)18-24-16-10-11-17-27(24)30/h6-17,19-21H,4-5,18H2,1-3H3/b13-6-,23-12+. The third kappa shape index (κ3) is 4.09. The van der Waals surface area contributed by atoms with Crippen LogP contribution in [-0.2, 0) is 6.42 Å². The number of aromatic nitrogens is 1.